The monoisotopic (exact) mass is 441 g/mol. The molecule has 2 aliphatic heterocycles. The molecule has 31 heavy (non-hydrogen) atoms. The van der Waals surface area contributed by atoms with E-state index in [1.807, 2.05) is 0 Å². The van der Waals surface area contributed by atoms with Gasteiger partial charge in [-0.15, -0.1) is 0 Å². The minimum Gasteiger partial charge on any atom is -0.353 e. The van der Waals surface area contributed by atoms with Crippen molar-refractivity contribution in [3.05, 3.63) is 65.7 Å². The van der Waals surface area contributed by atoms with E-state index in [0.717, 1.165) is 4.90 Å². The average molecular weight is 442 g/mol. The van der Waals surface area contributed by atoms with Gasteiger partial charge in [-0.2, -0.15) is 4.31 Å². The summed E-state index contributed by atoms with van der Waals surface area (Å²) >= 11 is 0. The second-order valence-electron chi connectivity index (χ2n) is 7.62. The first-order valence-electron chi connectivity index (χ1n) is 10.2. The van der Waals surface area contributed by atoms with Crippen LogP contribution in [0.5, 0.6) is 0 Å². The van der Waals surface area contributed by atoms with Crippen LogP contribution in [0.15, 0.2) is 59.5 Å². The molecule has 2 aromatic rings. The minimum atomic E-state index is -3.53. The summed E-state index contributed by atoms with van der Waals surface area (Å²) in [7, 11) is -3.53. The predicted molar refractivity (Wildman–Crippen MR) is 113 cm³/mol. The van der Waals surface area contributed by atoms with Gasteiger partial charge in [0.25, 0.3) is 11.8 Å². The molecular weight excluding hydrogens is 418 g/mol. The van der Waals surface area contributed by atoms with Crippen LogP contribution >= 0.6 is 0 Å². The molecular formula is C22H23N3O5S. The predicted octanol–water partition coefficient (Wildman–Crippen LogP) is 1.64. The van der Waals surface area contributed by atoms with Crippen molar-refractivity contribution < 1.29 is 22.8 Å². The number of piperidine rings is 1. The van der Waals surface area contributed by atoms with Gasteiger partial charge in [0, 0.05) is 32.1 Å². The van der Waals surface area contributed by atoms with Gasteiger partial charge in [-0.05, 0) is 37.1 Å². The number of hydrogen-bond acceptors (Lipinski definition) is 5. The van der Waals surface area contributed by atoms with E-state index in [-0.39, 0.29) is 41.6 Å². The summed E-state index contributed by atoms with van der Waals surface area (Å²) in [5.41, 5.74) is 0.722. The summed E-state index contributed by atoms with van der Waals surface area (Å²) in [6.07, 6.45) is 1.02. The molecule has 0 aromatic heterocycles. The van der Waals surface area contributed by atoms with Crippen molar-refractivity contribution in [2.24, 2.45) is 0 Å². The number of amides is 3. The molecule has 1 saturated heterocycles. The number of nitrogens with zero attached hydrogens (tertiary/aromatic N) is 2. The third-order valence-electron chi connectivity index (χ3n) is 5.64. The Morgan fingerprint density at radius 1 is 0.903 bits per heavy atom. The minimum absolute atomic E-state index is 0.00793. The zero-order valence-electron chi connectivity index (χ0n) is 16.9. The Labute approximate surface area is 180 Å². The molecule has 2 aliphatic rings. The highest BCUT2D eigenvalue weighted by molar-refractivity contribution is 7.89. The zero-order valence-corrected chi connectivity index (χ0v) is 17.7. The number of nitrogens with one attached hydrogen (secondary N) is 1. The third-order valence-corrected chi connectivity index (χ3v) is 7.55. The Morgan fingerprint density at radius 2 is 1.45 bits per heavy atom. The molecule has 3 amide bonds. The van der Waals surface area contributed by atoms with E-state index in [0.29, 0.717) is 37.1 Å². The number of carbonyl (C=O) groups is 3. The largest absolute Gasteiger partial charge is 0.353 e. The fourth-order valence-electron chi connectivity index (χ4n) is 3.94. The molecule has 4 rings (SSSR count). The molecule has 8 nitrogen and oxygen atoms in total. The lowest BCUT2D eigenvalue weighted by Gasteiger charge is -2.31. The van der Waals surface area contributed by atoms with Crippen molar-refractivity contribution in [1.82, 2.24) is 14.5 Å². The molecule has 0 unspecified atom stereocenters. The molecule has 0 bridgehead atoms. The van der Waals surface area contributed by atoms with Gasteiger partial charge in [0.15, 0.2) is 0 Å². The van der Waals surface area contributed by atoms with Crippen LogP contribution in [0.2, 0.25) is 0 Å². The first-order valence-corrected chi connectivity index (χ1v) is 11.6. The highest BCUT2D eigenvalue weighted by Crippen LogP contribution is 2.23. The highest BCUT2D eigenvalue weighted by Gasteiger charge is 2.35. The van der Waals surface area contributed by atoms with Crippen LogP contribution in [0.4, 0.5) is 0 Å². The van der Waals surface area contributed by atoms with Crippen LogP contribution < -0.4 is 5.32 Å². The molecule has 0 saturated carbocycles. The van der Waals surface area contributed by atoms with Crippen LogP contribution in [0.1, 0.15) is 40.0 Å². The van der Waals surface area contributed by atoms with Crippen molar-refractivity contribution in [1.29, 1.82) is 0 Å². The Morgan fingerprint density at radius 3 is 2.03 bits per heavy atom. The van der Waals surface area contributed by atoms with E-state index in [2.05, 4.69) is 5.32 Å². The fourth-order valence-corrected chi connectivity index (χ4v) is 5.43. The third kappa shape index (κ3) is 4.24. The van der Waals surface area contributed by atoms with Crippen LogP contribution in [-0.4, -0.2) is 61.0 Å². The molecule has 2 aromatic carbocycles. The molecule has 2 heterocycles. The molecule has 0 aliphatic carbocycles. The van der Waals surface area contributed by atoms with E-state index < -0.39 is 10.0 Å². The van der Waals surface area contributed by atoms with Gasteiger partial charge in [0.1, 0.15) is 0 Å². The number of fused-ring (bicyclic) bond motifs is 1. The maximum absolute atomic E-state index is 12.7. The number of sulfonamides is 1. The molecule has 0 radical (unpaired) electrons. The van der Waals surface area contributed by atoms with Crippen LogP contribution in [0, 0.1) is 0 Å². The van der Waals surface area contributed by atoms with E-state index in [1.54, 1.807) is 54.6 Å². The number of benzene rings is 2. The number of hydrogen-bond donors (Lipinski definition) is 1. The number of carbonyl (C=O) groups excluding carboxylic acids is 3. The van der Waals surface area contributed by atoms with Gasteiger partial charge in [0.05, 0.1) is 16.0 Å². The summed E-state index contributed by atoms with van der Waals surface area (Å²) in [4.78, 5) is 38.5. The SMILES string of the molecule is O=C(CCN1C(=O)c2ccccc2C1=O)NC1CCN(S(=O)(=O)c2ccccc2)CC1. The van der Waals surface area contributed by atoms with Gasteiger partial charge >= 0.3 is 0 Å². The van der Waals surface area contributed by atoms with Gasteiger partial charge in [0.2, 0.25) is 15.9 Å². The summed E-state index contributed by atoms with van der Waals surface area (Å²) in [5, 5.41) is 2.90. The Kier molecular flexibility index (Phi) is 5.88. The molecule has 162 valence electrons. The maximum Gasteiger partial charge on any atom is 0.261 e. The normalized spacial score (nSPS) is 17.6. The van der Waals surface area contributed by atoms with Gasteiger partial charge in [-0.1, -0.05) is 30.3 Å². The highest BCUT2D eigenvalue weighted by atomic mass is 32.2. The quantitative estimate of drug-likeness (QED) is 0.687. The molecule has 9 heteroatoms. The number of rotatable bonds is 6. The Hall–Kier alpha value is -3.04. The number of imide groups is 1. The first kappa shape index (κ1) is 21.2. The zero-order chi connectivity index (χ0) is 22.0. The summed E-state index contributed by atoms with van der Waals surface area (Å²) in [5.74, 6) is -1.03. The van der Waals surface area contributed by atoms with E-state index in [4.69, 9.17) is 0 Å². The Bertz CT molecular complexity index is 1070. The van der Waals surface area contributed by atoms with Crippen LogP contribution in [0.3, 0.4) is 0 Å². The van der Waals surface area contributed by atoms with E-state index in [1.165, 1.54) is 4.31 Å². The molecule has 1 N–H and O–H groups in total. The van der Waals surface area contributed by atoms with Crippen molar-refractivity contribution in [2.75, 3.05) is 19.6 Å². The average Bonchev–Trinajstić information content (AvgIpc) is 3.03. The second kappa shape index (κ2) is 8.60. The van der Waals surface area contributed by atoms with Crippen molar-refractivity contribution >= 4 is 27.7 Å². The smallest absolute Gasteiger partial charge is 0.261 e. The summed E-state index contributed by atoms with van der Waals surface area (Å²) in [6, 6.07) is 14.8. The molecule has 1 fully saturated rings. The van der Waals surface area contributed by atoms with E-state index in [9.17, 15) is 22.8 Å². The molecule has 0 atom stereocenters. The van der Waals surface area contributed by atoms with Gasteiger partial charge in [-0.25, -0.2) is 8.42 Å². The van der Waals surface area contributed by atoms with E-state index >= 15 is 0 Å². The van der Waals surface area contributed by atoms with Crippen LogP contribution in [0.25, 0.3) is 0 Å². The van der Waals surface area contributed by atoms with Crippen molar-refractivity contribution in [3.63, 3.8) is 0 Å². The lowest BCUT2D eigenvalue weighted by Crippen LogP contribution is -2.47. The second-order valence-corrected chi connectivity index (χ2v) is 9.55. The first-order chi connectivity index (χ1) is 14.9. The lowest BCUT2D eigenvalue weighted by molar-refractivity contribution is -0.122. The lowest BCUT2D eigenvalue weighted by atomic mass is 10.1. The maximum atomic E-state index is 12.7. The summed E-state index contributed by atoms with van der Waals surface area (Å²) < 4.78 is 26.8. The van der Waals surface area contributed by atoms with Gasteiger partial charge in [-0.3, -0.25) is 19.3 Å². The van der Waals surface area contributed by atoms with Crippen LogP contribution in [-0.2, 0) is 14.8 Å². The van der Waals surface area contributed by atoms with Crippen molar-refractivity contribution in [3.8, 4) is 0 Å². The standard InChI is InChI=1S/C22H23N3O5S/c26-20(12-15-25-21(27)18-8-4-5-9-19(18)22(25)28)23-16-10-13-24(14-11-16)31(29,30)17-6-2-1-3-7-17/h1-9,16H,10-15H2,(H,23,26). The summed E-state index contributed by atoms with van der Waals surface area (Å²) in [6.45, 7) is 0.653. The fraction of sp³-hybridized carbons (Fsp3) is 0.318. The van der Waals surface area contributed by atoms with Gasteiger partial charge < -0.3 is 5.32 Å². The Balaban J connectivity index is 1.27. The van der Waals surface area contributed by atoms with Crippen molar-refractivity contribution in [2.45, 2.75) is 30.2 Å². The molecule has 0 spiro atoms. The topological polar surface area (TPSA) is 104 Å².